The number of ether oxygens (including phenoxy) is 2. The Balaban J connectivity index is 1.81. The first-order valence-corrected chi connectivity index (χ1v) is 10.4. The number of aryl methyl sites for hydroxylation is 3. The number of amides is 1. The Labute approximate surface area is 170 Å². The summed E-state index contributed by atoms with van der Waals surface area (Å²) in [7, 11) is 1.37. The number of benzene rings is 1. The smallest absolute Gasteiger partial charge is 0.341 e. The van der Waals surface area contributed by atoms with Crippen LogP contribution in [0.5, 0.6) is 5.75 Å². The molecule has 1 heterocycles. The average Bonchev–Trinajstić information content (AvgIpc) is 3.02. The molecule has 28 heavy (non-hydrogen) atoms. The molecule has 0 unspecified atom stereocenters. The fourth-order valence-corrected chi connectivity index (χ4v) is 4.83. The van der Waals surface area contributed by atoms with E-state index in [1.165, 1.54) is 23.3 Å². The number of carbonyl (C=O) groups excluding carboxylic acids is 2. The summed E-state index contributed by atoms with van der Waals surface area (Å²) in [6.45, 7) is 7.73. The Morgan fingerprint density at radius 2 is 1.86 bits per heavy atom. The second kappa shape index (κ2) is 8.35. The maximum Gasteiger partial charge on any atom is 0.341 e. The molecule has 0 spiro atoms. The molecule has 1 N–H and O–H groups in total. The van der Waals surface area contributed by atoms with Gasteiger partial charge in [0.1, 0.15) is 10.8 Å². The maximum absolute atomic E-state index is 12.8. The zero-order valence-corrected chi connectivity index (χ0v) is 17.9. The molecule has 3 rings (SSSR count). The van der Waals surface area contributed by atoms with Crippen LogP contribution in [0, 0.1) is 20.8 Å². The van der Waals surface area contributed by atoms with Crippen LogP contribution in [0.3, 0.4) is 0 Å². The van der Waals surface area contributed by atoms with Crippen molar-refractivity contribution in [2.75, 3.05) is 12.4 Å². The Morgan fingerprint density at radius 3 is 2.57 bits per heavy atom. The average molecular weight is 402 g/mol. The van der Waals surface area contributed by atoms with Crippen molar-refractivity contribution in [2.24, 2.45) is 0 Å². The quantitative estimate of drug-likeness (QED) is 0.735. The van der Waals surface area contributed by atoms with Crippen LogP contribution in [0.15, 0.2) is 12.1 Å². The number of thiophene rings is 1. The van der Waals surface area contributed by atoms with Crippen LogP contribution in [-0.4, -0.2) is 25.1 Å². The topological polar surface area (TPSA) is 64.6 Å². The van der Waals surface area contributed by atoms with Crippen LogP contribution >= 0.6 is 11.3 Å². The first-order chi connectivity index (χ1) is 13.3. The number of anilines is 1. The van der Waals surface area contributed by atoms with E-state index in [9.17, 15) is 9.59 Å². The van der Waals surface area contributed by atoms with E-state index >= 15 is 0 Å². The molecule has 1 atom stereocenters. The molecule has 1 aliphatic rings. The number of hydrogen-bond acceptors (Lipinski definition) is 5. The van der Waals surface area contributed by atoms with Crippen molar-refractivity contribution in [2.45, 2.75) is 59.5 Å². The lowest BCUT2D eigenvalue weighted by atomic mass is 9.95. The minimum atomic E-state index is -0.690. The number of esters is 1. The van der Waals surface area contributed by atoms with E-state index in [1.54, 1.807) is 6.92 Å². The standard InChI is InChI=1S/C22H27NO4S/c1-12-10-13(2)14(3)17(11-12)27-15(4)20(24)23-21-19(22(25)26-5)16-8-6-7-9-18(16)28-21/h10-11,15H,6-9H2,1-5H3,(H,23,24)/t15-/m1/s1. The van der Waals surface area contributed by atoms with Gasteiger partial charge in [0, 0.05) is 4.88 Å². The van der Waals surface area contributed by atoms with Gasteiger partial charge in [-0.2, -0.15) is 0 Å². The highest BCUT2D eigenvalue weighted by atomic mass is 32.1. The molecular formula is C22H27NO4S. The number of nitrogens with one attached hydrogen (secondary N) is 1. The summed E-state index contributed by atoms with van der Waals surface area (Å²) < 4.78 is 10.9. The van der Waals surface area contributed by atoms with Gasteiger partial charge in [-0.05, 0) is 81.7 Å². The minimum Gasteiger partial charge on any atom is -0.481 e. The molecule has 1 amide bonds. The number of rotatable bonds is 5. The predicted molar refractivity (Wildman–Crippen MR) is 112 cm³/mol. The summed E-state index contributed by atoms with van der Waals surface area (Å²) >= 11 is 1.48. The van der Waals surface area contributed by atoms with Crippen LogP contribution in [-0.2, 0) is 22.4 Å². The molecule has 1 aliphatic carbocycles. The fraction of sp³-hybridized carbons (Fsp3) is 0.455. The van der Waals surface area contributed by atoms with Crippen LogP contribution < -0.4 is 10.1 Å². The van der Waals surface area contributed by atoms with Crippen LogP contribution in [0.25, 0.3) is 0 Å². The lowest BCUT2D eigenvalue weighted by Crippen LogP contribution is -2.30. The van der Waals surface area contributed by atoms with Crippen molar-refractivity contribution in [1.82, 2.24) is 0 Å². The molecule has 0 aliphatic heterocycles. The van der Waals surface area contributed by atoms with Crippen molar-refractivity contribution >= 4 is 28.2 Å². The molecule has 0 saturated carbocycles. The SMILES string of the molecule is COC(=O)c1c(NC(=O)[C@@H](C)Oc2cc(C)cc(C)c2C)sc2c1CCCC2. The van der Waals surface area contributed by atoms with Gasteiger partial charge in [0.25, 0.3) is 5.91 Å². The molecule has 150 valence electrons. The summed E-state index contributed by atoms with van der Waals surface area (Å²) in [5.41, 5.74) is 4.76. The number of fused-ring (bicyclic) bond motifs is 1. The summed E-state index contributed by atoms with van der Waals surface area (Å²) in [6, 6.07) is 4.03. The first-order valence-electron chi connectivity index (χ1n) is 9.60. The highest BCUT2D eigenvalue weighted by Gasteiger charge is 2.28. The van der Waals surface area contributed by atoms with Gasteiger partial charge in [-0.1, -0.05) is 6.07 Å². The predicted octanol–water partition coefficient (Wildman–Crippen LogP) is 4.74. The van der Waals surface area contributed by atoms with Crippen LogP contribution in [0.4, 0.5) is 5.00 Å². The summed E-state index contributed by atoms with van der Waals surface area (Å²) in [5, 5.41) is 3.47. The Morgan fingerprint density at radius 1 is 1.14 bits per heavy atom. The molecule has 2 aromatic rings. The summed E-state index contributed by atoms with van der Waals surface area (Å²) in [4.78, 5) is 26.3. The molecular weight excluding hydrogens is 374 g/mol. The highest BCUT2D eigenvalue weighted by Crippen LogP contribution is 2.38. The first kappa shape index (κ1) is 20.4. The normalized spacial score (nSPS) is 14.2. The van der Waals surface area contributed by atoms with E-state index in [0.29, 0.717) is 16.3 Å². The van der Waals surface area contributed by atoms with Gasteiger partial charge in [-0.25, -0.2) is 4.79 Å². The van der Waals surface area contributed by atoms with Gasteiger partial charge in [0.05, 0.1) is 12.7 Å². The molecule has 6 heteroatoms. The Kier molecular flexibility index (Phi) is 6.08. The third-order valence-electron chi connectivity index (χ3n) is 5.23. The van der Waals surface area contributed by atoms with E-state index in [4.69, 9.17) is 9.47 Å². The van der Waals surface area contributed by atoms with Gasteiger partial charge in [0.15, 0.2) is 6.10 Å². The van der Waals surface area contributed by atoms with E-state index in [1.807, 2.05) is 26.8 Å². The van der Waals surface area contributed by atoms with E-state index in [0.717, 1.165) is 47.9 Å². The fourth-order valence-electron chi connectivity index (χ4n) is 3.55. The second-order valence-electron chi connectivity index (χ2n) is 7.36. The molecule has 0 radical (unpaired) electrons. The Hall–Kier alpha value is -2.34. The van der Waals surface area contributed by atoms with E-state index in [-0.39, 0.29) is 5.91 Å². The van der Waals surface area contributed by atoms with E-state index < -0.39 is 12.1 Å². The van der Waals surface area contributed by atoms with Crippen LogP contribution in [0.1, 0.15) is 57.3 Å². The van der Waals surface area contributed by atoms with Gasteiger partial charge >= 0.3 is 5.97 Å². The monoisotopic (exact) mass is 401 g/mol. The van der Waals surface area contributed by atoms with Gasteiger partial charge in [-0.15, -0.1) is 11.3 Å². The zero-order valence-electron chi connectivity index (χ0n) is 17.1. The number of hydrogen-bond donors (Lipinski definition) is 1. The third-order valence-corrected chi connectivity index (χ3v) is 6.44. The molecule has 1 aromatic heterocycles. The molecule has 0 saturated heterocycles. The largest absolute Gasteiger partial charge is 0.481 e. The van der Waals surface area contributed by atoms with Crippen molar-refractivity contribution in [3.63, 3.8) is 0 Å². The molecule has 5 nitrogen and oxygen atoms in total. The maximum atomic E-state index is 12.8. The van der Waals surface area contributed by atoms with Gasteiger partial charge in [0.2, 0.25) is 0 Å². The third kappa shape index (κ3) is 4.07. The van der Waals surface area contributed by atoms with Crippen molar-refractivity contribution in [3.8, 4) is 5.75 Å². The van der Waals surface area contributed by atoms with Crippen molar-refractivity contribution in [1.29, 1.82) is 0 Å². The van der Waals surface area contributed by atoms with Crippen LogP contribution in [0.2, 0.25) is 0 Å². The minimum absolute atomic E-state index is 0.276. The number of methoxy groups -OCH3 is 1. The van der Waals surface area contributed by atoms with Gasteiger partial charge < -0.3 is 14.8 Å². The second-order valence-corrected chi connectivity index (χ2v) is 8.47. The van der Waals surface area contributed by atoms with Gasteiger partial charge in [-0.3, -0.25) is 4.79 Å². The zero-order chi connectivity index (χ0) is 20.4. The van der Waals surface area contributed by atoms with Crippen molar-refractivity contribution in [3.05, 3.63) is 44.8 Å². The number of carbonyl (C=O) groups is 2. The highest BCUT2D eigenvalue weighted by molar-refractivity contribution is 7.17. The molecule has 1 aromatic carbocycles. The molecule has 0 fully saturated rings. The summed E-state index contributed by atoms with van der Waals surface area (Å²) in [5.74, 6) is 0.0366. The summed E-state index contributed by atoms with van der Waals surface area (Å²) in [6.07, 6.45) is 3.25. The van der Waals surface area contributed by atoms with Crippen molar-refractivity contribution < 1.29 is 19.1 Å². The Bertz CT molecular complexity index is 916. The lowest BCUT2D eigenvalue weighted by Gasteiger charge is -2.18. The molecule has 0 bridgehead atoms. The lowest BCUT2D eigenvalue weighted by molar-refractivity contribution is -0.122. The van der Waals surface area contributed by atoms with E-state index in [2.05, 4.69) is 11.4 Å².